The lowest BCUT2D eigenvalue weighted by Crippen LogP contribution is -2.33. The number of allylic oxidation sites excluding steroid dienone is 3. The normalized spacial score (nSPS) is 22.6. The van der Waals surface area contributed by atoms with Gasteiger partial charge in [0.25, 0.3) is 0 Å². The molecule has 1 aromatic carbocycles. The van der Waals surface area contributed by atoms with Gasteiger partial charge in [-0.1, -0.05) is 64.3 Å². The number of nitrogens with one attached hydrogen (secondary N) is 3. The molecule has 0 amide bonds. The van der Waals surface area contributed by atoms with Crippen molar-refractivity contribution in [1.29, 1.82) is 5.41 Å². The molecule has 6 heteroatoms. The Bertz CT molecular complexity index is 863. The highest BCUT2D eigenvalue weighted by atomic mass is 19.1. The van der Waals surface area contributed by atoms with Crippen LogP contribution in [0.3, 0.4) is 0 Å². The zero-order chi connectivity index (χ0) is 22.9. The second-order valence-corrected chi connectivity index (χ2v) is 8.78. The number of nitrogens with zero attached hydrogens (tertiary/aromatic N) is 1. The second-order valence-electron chi connectivity index (χ2n) is 8.78. The third-order valence-electron chi connectivity index (χ3n) is 6.51. The third kappa shape index (κ3) is 6.22. The fourth-order valence-electron chi connectivity index (χ4n) is 4.34. The average Bonchev–Trinajstić information content (AvgIpc) is 3.45. The molecule has 5 nitrogen and oxygen atoms in total. The molecule has 3 rings (SSSR count). The van der Waals surface area contributed by atoms with Gasteiger partial charge in [0.1, 0.15) is 17.5 Å². The molecule has 0 saturated heterocycles. The summed E-state index contributed by atoms with van der Waals surface area (Å²) in [5, 5.41) is 11.5. The van der Waals surface area contributed by atoms with Crippen molar-refractivity contribution < 1.29 is 9.23 Å². The lowest BCUT2D eigenvalue weighted by molar-refractivity contribution is -0.0248. The van der Waals surface area contributed by atoms with E-state index in [0.29, 0.717) is 29.5 Å². The Morgan fingerprint density at radius 1 is 1.38 bits per heavy atom. The number of benzene rings is 1. The molecule has 1 aromatic rings. The summed E-state index contributed by atoms with van der Waals surface area (Å²) in [6, 6.07) is 4.93. The molecule has 2 aliphatic rings. The zero-order valence-electron chi connectivity index (χ0n) is 19.5. The molecule has 1 aliphatic heterocycles. The molecule has 32 heavy (non-hydrogen) atoms. The van der Waals surface area contributed by atoms with Gasteiger partial charge in [-0.15, -0.1) is 0 Å². The summed E-state index contributed by atoms with van der Waals surface area (Å²) in [6.07, 6.45) is 16.6. The van der Waals surface area contributed by atoms with Gasteiger partial charge in [0, 0.05) is 23.5 Å². The van der Waals surface area contributed by atoms with Crippen LogP contribution in [0.5, 0.6) is 0 Å². The summed E-state index contributed by atoms with van der Waals surface area (Å²) in [7, 11) is 0. The maximum atomic E-state index is 14.8. The first kappa shape index (κ1) is 24.1. The largest absolute Gasteiger partial charge is 0.347 e. The number of rotatable bonds is 10. The minimum absolute atomic E-state index is 0.0923. The van der Waals surface area contributed by atoms with Crippen LogP contribution in [0.15, 0.2) is 54.6 Å². The lowest BCUT2D eigenvalue weighted by Gasteiger charge is -2.25. The minimum atomic E-state index is -0.325. The lowest BCUT2D eigenvalue weighted by atomic mass is 9.89. The molecule has 0 aromatic heterocycles. The molecule has 1 saturated carbocycles. The van der Waals surface area contributed by atoms with Gasteiger partial charge in [-0.05, 0) is 43.2 Å². The van der Waals surface area contributed by atoms with Crippen molar-refractivity contribution in [3.05, 3.63) is 71.6 Å². The van der Waals surface area contributed by atoms with Gasteiger partial charge in [-0.3, -0.25) is 10.2 Å². The van der Waals surface area contributed by atoms with Crippen molar-refractivity contribution in [3.8, 4) is 0 Å². The van der Waals surface area contributed by atoms with Crippen LogP contribution in [-0.2, 0) is 11.4 Å². The summed E-state index contributed by atoms with van der Waals surface area (Å²) in [4.78, 5) is 7.83. The van der Waals surface area contributed by atoms with Gasteiger partial charge < -0.3 is 10.2 Å². The molecular weight excluding hydrogens is 403 g/mol. The third-order valence-corrected chi connectivity index (χ3v) is 6.51. The number of unbranched alkanes of at least 4 members (excludes halogenated alkanes) is 1. The molecule has 0 radical (unpaired) electrons. The zero-order valence-corrected chi connectivity index (χ0v) is 19.5. The number of halogens is 1. The molecule has 0 spiro atoms. The van der Waals surface area contributed by atoms with E-state index >= 15 is 0 Å². The summed E-state index contributed by atoms with van der Waals surface area (Å²) >= 11 is 0. The van der Waals surface area contributed by atoms with E-state index in [0.717, 1.165) is 37.9 Å². The topological polar surface area (TPSA) is 60.4 Å². The monoisotopic (exact) mass is 440 g/mol. The van der Waals surface area contributed by atoms with E-state index in [1.807, 2.05) is 29.5 Å². The molecule has 1 fully saturated rings. The van der Waals surface area contributed by atoms with Gasteiger partial charge >= 0.3 is 0 Å². The maximum absolute atomic E-state index is 14.8. The molecule has 0 bridgehead atoms. The highest BCUT2D eigenvalue weighted by molar-refractivity contribution is 5.95. The Hall–Kier alpha value is -2.60. The van der Waals surface area contributed by atoms with Crippen molar-refractivity contribution in [2.75, 3.05) is 0 Å². The number of hydroxylamine groups is 1. The van der Waals surface area contributed by atoms with E-state index in [4.69, 9.17) is 10.2 Å². The van der Waals surface area contributed by atoms with E-state index in [-0.39, 0.29) is 17.8 Å². The molecule has 3 N–H and O–H groups in total. The Kier molecular flexibility index (Phi) is 8.91. The first-order chi connectivity index (χ1) is 15.5. The van der Waals surface area contributed by atoms with Gasteiger partial charge in [0.05, 0.1) is 12.6 Å². The van der Waals surface area contributed by atoms with Crippen LogP contribution < -0.4 is 10.8 Å². The Morgan fingerprint density at radius 2 is 2.22 bits per heavy atom. The van der Waals surface area contributed by atoms with Crippen LogP contribution in [0.25, 0.3) is 0 Å². The van der Waals surface area contributed by atoms with Gasteiger partial charge in [0.15, 0.2) is 0 Å². The van der Waals surface area contributed by atoms with Crippen molar-refractivity contribution in [1.82, 2.24) is 15.7 Å². The fourth-order valence-corrected chi connectivity index (χ4v) is 4.34. The van der Waals surface area contributed by atoms with Crippen LogP contribution in [0, 0.1) is 23.1 Å². The van der Waals surface area contributed by atoms with Crippen molar-refractivity contribution >= 4 is 5.84 Å². The molecular formula is C26H37FN4O. The Balaban J connectivity index is 1.57. The highest BCUT2D eigenvalue weighted by Gasteiger charge is 2.32. The standard InChI is InChI=1S/C26H37FN4O/c1-4-6-7-8-12-25-29-15-16-31(25)18-21-14-13-20(17-23(21)27)26(28)30-32-24-11-9-10-22(24)19(3)5-2/h7-8,12-17,19,22,24,29H,4-6,9-11,18H2,1-3H3,(H2,28,30)/b8-7-,25-12+. The molecule has 174 valence electrons. The van der Waals surface area contributed by atoms with Crippen LogP contribution in [0.4, 0.5) is 4.39 Å². The first-order valence-corrected chi connectivity index (χ1v) is 11.9. The molecule has 1 heterocycles. The molecule has 3 unspecified atom stereocenters. The number of hydrogen-bond acceptors (Lipinski definition) is 4. The van der Waals surface area contributed by atoms with E-state index in [1.54, 1.807) is 12.1 Å². The summed E-state index contributed by atoms with van der Waals surface area (Å²) in [5.74, 6) is 1.80. The molecule has 1 aliphatic carbocycles. The summed E-state index contributed by atoms with van der Waals surface area (Å²) in [5.41, 5.74) is 3.84. The van der Waals surface area contributed by atoms with E-state index in [1.165, 1.54) is 12.5 Å². The van der Waals surface area contributed by atoms with Crippen molar-refractivity contribution in [2.24, 2.45) is 11.8 Å². The smallest absolute Gasteiger partial charge is 0.149 e. The minimum Gasteiger partial charge on any atom is -0.347 e. The van der Waals surface area contributed by atoms with Crippen molar-refractivity contribution in [2.45, 2.75) is 71.9 Å². The van der Waals surface area contributed by atoms with E-state index < -0.39 is 0 Å². The number of hydrogen-bond donors (Lipinski definition) is 3. The van der Waals surface area contributed by atoms with Gasteiger partial charge in [-0.2, -0.15) is 0 Å². The predicted octanol–water partition coefficient (Wildman–Crippen LogP) is 5.96. The highest BCUT2D eigenvalue weighted by Crippen LogP contribution is 2.34. The SMILES string of the molecule is CCC/C=C\C=C1/NC=CN1Cc1ccc(C(=N)NOC2CCCC2C(C)CC)cc1F. The van der Waals surface area contributed by atoms with Crippen LogP contribution in [0.2, 0.25) is 0 Å². The van der Waals surface area contributed by atoms with Crippen LogP contribution >= 0.6 is 0 Å². The van der Waals surface area contributed by atoms with E-state index in [9.17, 15) is 4.39 Å². The number of amidine groups is 1. The first-order valence-electron chi connectivity index (χ1n) is 11.9. The maximum Gasteiger partial charge on any atom is 0.149 e. The Labute approximate surface area is 191 Å². The second kappa shape index (κ2) is 11.9. The fraction of sp³-hybridized carbons (Fsp3) is 0.500. The summed E-state index contributed by atoms with van der Waals surface area (Å²) in [6.45, 7) is 7.03. The predicted molar refractivity (Wildman–Crippen MR) is 128 cm³/mol. The van der Waals surface area contributed by atoms with Gasteiger partial charge in [-0.25, -0.2) is 9.87 Å². The van der Waals surface area contributed by atoms with E-state index in [2.05, 4.69) is 37.6 Å². The van der Waals surface area contributed by atoms with Crippen molar-refractivity contribution in [3.63, 3.8) is 0 Å². The Morgan fingerprint density at radius 3 is 2.97 bits per heavy atom. The van der Waals surface area contributed by atoms with Crippen LogP contribution in [-0.4, -0.2) is 16.8 Å². The quantitative estimate of drug-likeness (QED) is 0.239. The van der Waals surface area contributed by atoms with Gasteiger partial charge in [0.2, 0.25) is 0 Å². The average molecular weight is 441 g/mol. The molecule has 3 atom stereocenters. The van der Waals surface area contributed by atoms with Crippen LogP contribution in [0.1, 0.15) is 70.4 Å². The summed E-state index contributed by atoms with van der Waals surface area (Å²) < 4.78 is 14.8.